The second-order valence-corrected chi connectivity index (χ2v) is 6.94. The van der Waals surface area contributed by atoms with Crippen LogP contribution in [0.1, 0.15) is 29.5 Å². The van der Waals surface area contributed by atoms with Crippen LogP contribution in [0.4, 0.5) is 5.69 Å². The fourth-order valence-corrected chi connectivity index (χ4v) is 3.57. The Morgan fingerprint density at radius 1 is 1.04 bits per heavy atom. The van der Waals surface area contributed by atoms with Gasteiger partial charge in [-0.1, -0.05) is 36.4 Å². The van der Waals surface area contributed by atoms with Gasteiger partial charge in [0.25, 0.3) is 0 Å². The maximum absolute atomic E-state index is 13.1. The topological polar surface area (TPSA) is 73.2 Å². The number of amides is 2. The van der Waals surface area contributed by atoms with Crippen molar-refractivity contribution in [3.8, 4) is 6.07 Å². The summed E-state index contributed by atoms with van der Waals surface area (Å²) < 4.78 is 0. The molecule has 0 atom stereocenters. The van der Waals surface area contributed by atoms with Crippen molar-refractivity contribution in [1.29, 1.82) is 5.26 Å². The van der Waals surface area contributed by atoms with E-state index in [1.54, 1.807) is 29.2 Å². The number of anilines is 1. The Balaban J connectivity index is 1.51. The first kappa shape index (κ1) is 16.3. The predicted octanol–water partition coefficient (Wildman–Crippen LogP) is 2.86. The molecule has 2 aromatic rings. The highest BCUT2D eigenvalue weighted by Crippen LogP contribution is 2.48. The third-order valence-corrected chi connectivity index (χ3v) is 5.31. The van der Waals surface area contributed by atoms with Crippen molar-refractivity contribution in [2.45, 2.75) is 25.8 Å². The normalized spacial score (nSPS) is 17.0. The summed E-state index contributed by atoms with van der Waals surface area (Å²) in [4.78, 5) is 27.7. The van der Waals surface area contributed by atoms with E-state index in [0.717, 1.165) is 12.0 Å². The number of hydrogen-bond acceptors (Lipinski definition) is 3. The molecule has 1 aliphatic heterocycles. The largest absolute Gasteiger partial charge is 0.337 e. The minimum atomic E-state index is -0.977. The molecule has 1 N–H and O–H groups in total. The maximum Gasteiger partial charge on any atom is 0.240 e. The fourth-order valence-electron chi connectivity index (χ4n) is 3.57. The highest BCUT2D eigenvalue weighted by atomic mass is 16.2. The van der Waals surface area contributed by atoms with Crippen molar-refractivity contribution in [1.82, 2.24) is 4.90 Å². The van der Waals surface area contributed by atoms with Crippen LogP contribution < -0.4 is 5.32 Å². The average molecular weight is 345 g/mol. The smallest absolute Gasteiger partial charge is 0.240 e. The van der Waals surface area contributed by atoms with Crippen LogP contribution in [0.2, 0.25) is 0 Å². The molecule has 1 saturated carbocycles. The minimum Gasteiger partial charge on any atom is -0.337 e. The molecule has 0 saturated heterocycles. The van der Waals surface area contributed by atoms with Crippen LogP contribution in [0.3, 0.4) is 0 Å². The first-order valence-corrected chi connectivity index (χ1v) is 8.81. The summed E-state index contributed by atoms with van der Waals surface area (Å²) in [5, 5.41) is 12.0. The lowest BCUT2D eigenvalue weighted by Crippen LogP contribution is -2.45. The lowest BCUT2D eigenvalue weighted by Gasteiger charge is -2.31. The highest BCUT2D eigenvalue weighted by Gasteiger charge is 2.58. The van der Waals surface area contributed by atoms with E-state index < -0.39 is 5.41 Å². The zero-order valence-electron chi connectivity index (χ0n) is 14.4. The van der Waals surface area contributed by atoms with Crippen molar-refractivity contribution < 1.29 is 9.59 Å². The first-order valence-electron chi connectivity index (χ1n) is 8.81. The maximum atomic E-state index is 13.1. The van der Waals surface area contributed by atoms with E-state index in [1.165, 1.54) is 5.56 Å². The Bertz CT molecular complexity index is 925. The van der Waals surface area contributed by atoms with Gasteiger partial charge in [0.15, 0.2) is 0 Å². The van der Waals surface area contributed by atoms with Gasteiger partial charge in [0.2, 0.25) is 11.8 Å². The quantitative estimate of drug-likeness (QED) is 0.870. The van der Waals surface area contributed by atoms with Gasteiger partial charge in [-0.05, 0) is 42.5 Å². The third-order valence-electron chi connectivity index (χ3n) is 5.31. The molecule has 1 fully saturated rings. The molecule has 5 nitrogen and oxygen atoms in total. The van der Waals surface area contributed by atoms with E-state index in [-0.39, 0.29) is 11.8 Å². The van der Waals surface area contributed by atoms with E-state index >= 15 is 0 Å². The van der Waals surface area contributed by atoms with Gasteiger partial charge in [-0.3, -0.25) is 9.59 Å². The lowest BCUT2D eigenvalue weighted by molar-refractivity contribution is -0.143. The summed E-state index contributed by atoms with van der Waals surface area (Å²) in [5.74, 6) is -0.400. The van der Waals surface area contributed by atoms with Gasteiger partial charge in [-0.2, -0.15) is 5.26 Å². The molecular formula is C21H19N3O2. The average Bonchev–Trinajstić information content (AvgIpc) is 3.49. The fraction of sp³-hybridized carbons (Fsp3) is 0.286. The Kier molecular flexibility index (Phi) is 3.96. The van der Waals surface area contributed by atoms with E-state index in [0.29, 0.717) is 37.2 Å². The first-order chi connectivity index (χ1) is 12.6. The van der Waals surface area contributed by atoms with Crippen LogP contribution in [0.25, 0.3) is 0 Å². The predicted molar refractivity (Wildman–Crippen MR) is 97.0 cm³/mol. The van der Waals surface area contributed by atoms with Crippen molar-refractivity contribution in [3.63, 3.8) is 0 Å². The van der Waals surface area contributed by atoms with Crippen LogP contribution in [-0.4, -0.2) is 23.3 Å². The van der Waals surface area contributed by atoms with Gasteiger partial charge in [0.05, 0.1) is 11.3 Å². The van der Waals surface area contributed by atoms with Crippen LogP contribution in [-0.2, 0) is 22.6 Å². The molecule has 0 bridgehead atoms. The molecule has 2 aliphatic rings. The van der Waals surface area contributed by atoms with E-state index in [1.807, 2.05) is 18.2 Å². The molecule has 1 heterocycles. The van der Waals surface area contributed by atoms with E-state index in [4.69, 9.17) is 0 Å². The number of fused-ring (bicyclic) bond motifs is 1. The minimum absolute atomic E-state index is 0.0982. The van der Waals surface area contributed by atoms with Gasteiger partial charge in [0, 0.05) is 13.1 Å². The molecule has 26 heavy (non-hydrogen) atoms. The molecule has 0 spiro atoms. The summed E-state index contributed by atoms with van der Waals surface area (Å²) in [6.45, 7) is 1.19. The summed E-state index contributed by atoms with van der Waals surface area (Å²) in [7, 11) is 0. The number of carbonyl (C=O) groups is 2. The highest BCUT2D eigenvalue weighted by molar-refractivity contribution is 6.13. The molecule has 0 radical (unpaired) electrons. The molecule has 130 valence electrons. The molecule has 0 aromatic heterocycles. The monoisotopic (exact) mass is 345 g/mol. The third kappa shape index (κ3) is 2.74. The number of nitriles is 1. The van der Waals surface area contributed by atoms with Gasteiger partial charge in [0.1, 0.15) is 11.5 Å². The lowest BCUT2D eigenvalue weighted by atomic mass is 9.97. The number of hydrogen-bond donors (Lipinski definition) is 1. The molecule has 5 heteroatoms. The van der Waals surface area contributed by atoms with E-state index in [2.05, 4.69) is 17.5 Å². The van der Waals surface area contributed by atoms with Crippen molar-refractivity contribution >= 4 is 17.5 Å². The zero-order valence-corrected chi connectivity index (χ0v) is 14.4. The van der Waals surface area contributed by atoms with Gasteiger partial charge < -0.3 is 10.2 Å². The number of nitrogens with zero attached hydrogens (tertiary/aromatic N) is 2. The van der Waals surface area contributed by atoms with Crippen LogP contribution in [0, 0.1) is 16.7 Å². The second-order valence-electron chi connectivity index (χ2n) is 6.94. The van der Waals surface area contributed by atoms with Crippen molar-refractivity contribution in [3.05, 3.63) is 65.2 Å². The van der Waals surface area contributed by atoms with E-state index in [9.17, 15) is 14.9 Å². The van der Waals surface area contributed by atoms with Crippen LogP contribution in [0.5, 0.6) is 0 Å². The number of benzene rings is 2. The molecule has 4 rings (SSSR count). The zero-order chi connectivity index (χ0) is 18.1. The Hall–Kier alpha value is -3.13. The second kappa shape index (κ2) is 6.30. The Labute approximate surface area is 152 Å². The van der Waals surface area contributed by atoms with Gasteiger partial charge in [-0.25, -0.2) is 0 Å². The Morgan fingerprint density at radius 2 is 1.73 bits per heavy atom. The van der Waals surface area contributed by atoms with Crippen LogP contribution >= 0.6 is 0 Å². The van der Waals surface area contributed by atoms with Crippen molar-refractivity contribution in [2.24, 2.45) is 5.41 Å². The van der Waals surface area contributed by atoms with Gasteiger partial charge in [-0.15, -0.1) is 0 Å². The van der Waals surface area contributed by atoms with Gasteiger partial charge >= 0.3 is 0 Å². The standard InChI is InChI=1S/C21H19N3O2/c22-13-16-6-3-4-8-18(16)23-19(25)21(10-11-21)20(26)24-12-9-15-5-1-2-7-17(15)14-24/h1-8H,9-12,14H2,(H,23,25). The molecule has 0 unspecified atom stereocenters. The number of carbonyl (C=O) groups excluding carboxylic acids is 2. The Morgan fingerprint density at radius 3 is 2.46 bits per heavy atom. The molecular weight excluding hydrogens is 326 g/mol. The van der Waals surface area contributed by atoms with Crippen LogP contribution in [0.15, 0.2) is 48.5 Å². The van der Waals surface area contributed by atoms with Crippen molar-refractivity contribution in [2.75, 3.05) is 11.9 Å². The summed E-state index contributed by atoms with van der Waals surface area (Å²) in [6.07, 6.45) is 1.94. The molecule has 2 amide bonds. The number of para-hydroxylation sites is 1. The number of nitrogens with one attached hydrogen (secondary N) is 1. The summed E-state index contributed by atoms with van der Waals surface area (Å²) >= 11 is 0. The SMILES string of the molecule is N#Cc1ccccc1NC(=O)C1(C(=O)N2CCc3ccccc3C2)CC1. The number of rotatable bonds is 3. The summed E-state index contributed by atoms with van der Waals surface area (Å²) in [5.41, 5.74) is 2.31. The molecule has 2 aromatic carbocycles. The molecule has 1 aliphatic carbocycles. The summed E-state index contributed by atoms with van der Waals surface area (Å²) in [6, 6.07) is 17.0.